The smallest absolute Gasteiger partial charge is 0.147 e. The number of nitrogens with one attached hydrogen (secondary N) is 1. The molecule has 0 heterocycles. The predicted molar refractivity (Wildman–Crippen MR) is 62.0 cm³/mol. The Bertz CT molecular complexity index is 510. The maximum atomic E-state index is 13.3. The Labute approximate surface area is 104 Å². The van der Waals surface area contributed by atoms with E-state index in [1.54, 1.807) is 34.7 Å². The van der Waals surface area contributed by atoms with Gasteiger partial charge in [-0.1, -0.05) is 0 Å². The highest BCUT2D eigenvalue weighted by Gasteiger charge is 2.10. The molecule has 0 aliphatic heterocycles. The summed E-state index contributed by atoms with van der Waals surface area (Å²) in [6.45, 7) is 0. The zero-order chi connectivity index (χ0) is 12.1. The van der Waals surface area contributed by atoms with Crippen molar-refractivity contribution in [2.75, 3.05) is 5.32 Å². The molecule has 3 nitrogen and oxygen atoms in total. The van der Waals surface area contributed by atoms with Crippen LogP contribution in [-0.2, 0) is 0 Å². The molecular formula is C10H4F2IN3. The summed E-state index contributed by atoms with van der Waals surface area (Å²) >= 11 is 1.63. The molecule has 1 N–H and O–H groups in total. The third-order valence-electron chi connectivity index (χ3n) is 1.65. The van der Waals surface area contributed by atoms with Gasteiger partial charge in [0.15, 0.2) is 0 Å². The molecule has 1 aromatic rings. The minimum absolute atomic E-state index is 0.0593. The molecule has 6 heteroatoms. The third kappa shape index (κ3) is 2.67. The van der Waals surface area contributed by atoms with Crippen molar-refractivity contribution in [3.05, 3.63) is 39.1 Å². The molecule has 0 aromatic heterocycles. The van der Waals surface area contributed by atoms with Crippen molar-refractivity contribution in [3.63, 3.8) is 0 Å². The summed E-state index contributed by atoms with van der Waals surface area (Å²) in [4.78, 5) is 0. The molecule has 0 unspecified atom stereocenters. The molecular weight excluding hydrogens is 327 g/mol. The van der Waals surface area contributed by atoms with E-state index in [0.29, 0.717) is 0 Å². The van der Waals surface area contributed by atoms with Gasteiger partial charge in [-0.25, -0.2) is 8.78 Å². The summed E-state index contributed by atoms with van der Waals surface area (Å²) in [5.41, 5.74) is -0.317. The van der Waals surface area contributed by atoms with E-state index in [1.165, 1.54) is 0 Å². The lowest BCUT2D eigenvalue weighted by molar-refractivity contribution is 0.597. The lowest BCUT2D eigenvalue weighted by Gasteiger charge is -2.06. The van der Waals surface area contributed by atoms with Gasteiger partial charge >= 0.3 is 0 Å². The molecule has 16 heavy (non-hydrogen) atoms. The minimum atomic E-state index is -0.655. The lowest BCUT2D eigenvalue weighted by atomic mass is 10.3. The molecule has 0 radical (unpaired) electrons. The number of allylic oxidation sites excluding steroid dienone is 1. The van der Waals surface area contributed by atoms with E-state index in [-0.39, 0.29) is 14.8 Å². The molecule has 0 bridgehead atoms. The van der Waals surface area contributed by atoms with Crippen LogP contribution in [0.4, 0.5) is 14.5 Å². The zero-order valence-electron chi connectivity index (χ0n) is 7.76. The Hall–Kier alpha value is -1.67. The van der Waals surface area contributed by atoms with Gasteiger partial charge in [0.2, 0.25) is 0 Å². The van der Waals surface area contributed by atoms with Crippen LogP contribution in [0, 0.1) is 37.9 Å². The third-order valence-corrected chi connectivity index (χ3v) is 2.70. The topological polar surface area (TPSA) is 59.6 Å². The molecule has 1 aromatic carbocycles. The van der Waals surface area contributed by atoms with Gasteiger partial charge < -0.3 is 5.32 Å². The van der Waals surface area contributed by atoms with Crippen LogP contribution in [0.5, 0.6) is 0 Å². The number of anilines is 1. The highest BCUT2D eigenvalue weighted by Crippen LogP contribution is 2.24. The first kappa shape index (κ1) is 12.4. The van der Waals surface area contributed by atoms with E-state index in [0.717, 1.165) is 18.3 Å². The SMILES string of the molecule is N#CC(C#N)=CNc1c(F)ccc(F)c1I. The maximum Gasteiger partial charge on any atom is 0.147 e. The number of hydrogen-bond donors (Lipinski definition) is 1. The molecule has 0 aliphatic carbocycles. The Balaban J connectivity index is 3.09. The van der Waals surface area contributed by atoms with Gasteiger partial charge in [0, 0.05) is 6.20 Å². The number of rotatable bonds is 2. The Morgan fingerprint density at radius 1 is 1.25 bits per heavy atom. The zero-order valence-corrected chi connectivity index (χ0v) is 9.92. The summed E-state index contributed by atoms with van der Waals surface area (Å²) in [5.74, 6) is -1.23. The van der Waals surface area contributed by atoms with Crippen LogP contribution in [0.3, 0.4) is 0 Å². The summed E-state index contributed by atoms with van der Waals surface area (Å²) in [6.07, 6.45) is 1.03. The lowest BCUT2D eigenvalue weighted by Crippen LogP contribution is -1.98. The van der Waals surface area contributed by atoms with E-state index in [9.17, 15) is 8.78 Å². The second kappa shape index (κ2) is 5.42. The summed E-state index contributed by atoms with van der Waals surface area (Å²) in [5, 5.41) is 19.3. The molecule has 0 saturated carbocycles. The van der Waals surface area contributed by atoms with Gasteiger partial charge in [0.1, 0.15) is 29.3 Å². The first-order valence-corrected chi connectivity index (χ1v) is 5.08. The number of halogens is 3. The Morgan fingerprint density at radius 3 is 2.38 bits per heavy atom. The van der Waals surface area contributed by atoms with Gasteiger partial charge in [0.05, 0.1) is 9.26 Å². The van der Waals surface area contributed by atoms with Crippen molar-refractivity contribution in [1.82, 2.24) is 0 Å². The standard InChI is InChI=1S/C10H4F2IN3/c11-7-1-2-8(12)10(9(7)13)16-5-6(3-14)4-15/h1-2,5,16H. The number of hydrogen-bond acceptors (Lipinski definition) is 3. The average molecular weight is 331 g/mol. The van der Waals surface area contributed by atoms with Gasteiger partial charge in [-0.05, 0) is 34.7 Å². The number of nitriles is 2. The van der Waals surface area contributed by atoms with E-state index < -0.39 is 11.6 Å². The van der Waals surface area contributed by atoms with Gasteiger partial charge in [-0.2, -0.15) is 10.5 Å². The van der Waals surface area contributed by atoms with E-state index in [2.05, 4.69) is 5.32 Å². The fraction of sp³-hybridized carbons (Fsp3) is 0. The van der Waals surface area contributed by atoms with Crippen LogP contribution in [0.2, 0.25) is 0 Å². The predicted octanol–water partition coefficient (Wildman–Crippen LogP) is 2.91. The maximum absolute atomic E-state index is 13.3. The van der Waals surface area contributed by atoms with Crippen molar-refractivity contribution < 1.29 is 8.78 Å². The normalized spacial score (nSPS) is 8.81. The minimum Gasteiger partial charge on any atom is -0.356 e. The Kier molecular flexibility index (Phi) is 4.20. The number of nitrogens with zero attached hydrogens (tertiary/aromatic N) is 2. The monoisotopic (exact) mass is 331 g/mol. The van der Waals surface area contributed by atoms with Crippen molar-refractivity contribution >= 4 is 28.3 Å². The molecule has 0 fully saturated rings. The highest BCUT2D eigenvalue weighted by molar-refractivity contribution is 14.1. The fourth-order valence-electron chi connectivity index (χ4n) is 0.893. The van der Waals surface area contributed by atoms with Crippen LogP contribution in [0.25, 0.3) is 0 Å². The van der Waals surface area contributed by atoms with E-state index >= 15 is 0 Å². The molecule has 0 amide bonds. The fourth-order valence-corrected chi connectivity index (χ4v) is 1.49. The molecule has 1 rings (SSSR count). The van der Waals surface area contributed by atoms with E-state index in [4.69, 9.17) is 10.5 Å². The van der Waals surface area contributed by atoms with Crippen LogP contribution >= 0.6 is 22.6 Å². The van der Waals surface area contributed by atoms with Crippen LogP contribution < -0.4 is 5.32 Å². The van der Waals surface area contributed by atoms with Crippen molar-refractivity contribution in [1.29, 1.82) is 10.5 Å². The second-order valence-electron chi connectivity index (χ2n) is 2.64. The summed E-state index contributed by atoms with van der Waals surface area (Å²) < 4.78 is 26.4. The average Bonchev–Trinajstić information content (AvgIpc) is 2.29. The van der Waals surface area contributed by atoms with Crippen LogP contribution in [0.1, 0.15) is 0 Å². The van der Waals surface area contributed by atoms with Gasteiger partial charge in [0.25, 0.3) is 0 Å². The first-order valence-electron chi connectivity index (χ1n) is 4.00. The van der Waals surface area contributed by atoms with Crippen LogP contribution in [-0.4, -0.2) is 0 Å². The van der Waals surface area contributed by atoms with Crippen LogP contribution in [0.15, 0.2) is 23.9 Å². The largest absolute Gasteiger partial charge is 0.356 e. The van der Waals surface area contributed by atoms with Gasteiger partial charge in [-0.3, -0.25) is 0 Å². The Morgan fingerprint density at radius 2 is 1.81 bits per heavy atom. The van der Waals surface area contributed by atoms with E-state index in [1.807, 2.05) is 0 Å². The van der Waals surface area contributed by atoms with Crippen molar-refractivity contribution in [3.8, 4) is 12.1 Å². The highest BCUT2D eigenvalue weighted by atomic mass is 127. The van der Waals surface area contributed by atoms with Gasteiger partial charge in [-0.15, -0.1) is 0 Å². The van der Waals surface area contributed by atoms with Crippen molar-refractivity contribution in [2.45, 2.75) is 0 Å². The molecule has 0 aliphatic rings. The second-order valence-corrected chi connectivity index (χ2v) is 3.72. The quantitative estimate of drug-likeness (QED) is 0.515. The molecule has 80 valence electrons. The molecule has 0 saturated heterocycles. The summed E-state index contributed by atoms with van der Waals surface area (Å²) in [7, 11) is 0. The molecule has 0 atom stereocenters. The number of benzene rings is 1. The summed E-state index contributed by atoms with van der Waals surface area (Å²) in [6, 6.07) is 5.15. The first-order chi connectivity index (χ1) is 7.60. The van der Waals surface area contributed by atoms with Crippen molar-refractivity contribution in [2.24, 2.45) is 0 Å². The molecule has 0 spiro atoms.